The van der Waals surface area contributed by atoms with Gasteiger partial charge in [0.1, 0.15) is 5.75 Å². The van der Waals surface area contributed by atoms with Gasteiger partial charge >= 0.3 is 0 Å². The maximum absolute atomic E-state index is 12.0. The number of amides is 1. The molecular weight excluding hydrogens is 370 g/mol. The Labute approximate surface area is 172 Å². The first-order valence-corrected chi connectivity index (χ1v) is 10.8. The van der Waals surface area contributed by atoms with Gasteiger partial charge in [-0.25, -0.2) is 0 Å². The molecule has 0 saturated carbocycles. The molecule has 1 amide bonds. The summed E-state index contributed by atoms with van der Waals surface area (Å²) in [6, 6.07) is 18.5. The second-order valence-corrected chi connectivity index (χ2v) is 7.96. The maximum atomic E-state index is 12.0. The fraction of sp³-hybridized carbons (Fsp3) is 0.409. The van der Waals surface area contributed by atoms with Gasteiger partial charge in [-0.1, -0.05) is 18.2 Å². The third-order valence-electron chi connectivity index (χ3n) is 4.90. The zero-order valence-corrected chi connectivity index (χ0v) is 17.3. The fourth-order valence-electron chi connectivity index (χ4n) is 3.24. The summed E-state index contributed by atoms with van der Waals surface area (Å²) in [5.41, 5.74) is 1.24. The van der Waals surface area contributed by atoms with Gasteiger partial charge in [0.2, 0.25) is 5.91 Å². The predicted molar refractivity (Wildman–Crippen MR) is 116 cm³/mol. The molecule has 150 valence electrons. The molecule has 3 rings (SSSR count). The third kappa shape index (κ3) is 6.46. The summed E-state index contributed by atoms with van der Waals surface area (Å²) >= 11 is 1.73. The Morgan fingerprint density at radius 3 is 2.43 bits per heavy atom. The number of hydrogen-bond acceptors (Lipinski definition) is 5. The summed E-state index contributed by atoms with van der Waals surface area (Å²) in [4.78, 5) is 18.0. The lowest BCUT2D eigenvalue weighted by molar-refractivity contribution is -0.120. The molecule has 6 heteroatoms. The molecule has 0 spiro atoms. The van der Waals surface area contributed by atoms with Crippen molar-refractivity contribution in [2.45, 2.75) is 11.3 Å². The van der Waals surface area contributed by atoms with Gasteiger partial charge in [-0.15, -0.1) is 11.8 Å². The van der Waals surface area contributed by atoms with Crippen molar-refractivity contribution in [1.29, 1.82) is 0 Å². The van der Waals surface area contributed by atoms with Crippen molar-refractivity contribution < 1.29 is 9.53 Å². The summed E-state index contributed by atoms with van der Waals surface area (Å²) in [5, 5.41) is 3.05. The molecule has 1 aliphatic rings. The van der Waals surface area contributed by atoms with Crippen molar-refractivity contribution in [1.82, 2.24) is 10.2 Å². The second kappa shape index (κ2) is 11.0. The molecule has 1 saturated heterocycles. The average molecular weight is 400 g/mol. The van der Waals surface area contributed by atoms with E-state index in [0.717, 1.165) is 50.8 Å². The van der Waals surface area contributed by atoms with E-state index in [2.05, 4.69) is 39.4 Å². The number of rotatable bonds is 9. The molecule has 28 heavy (non-hydrogen) atoms. The Morgan fingerprint density at radius 2 is 1.75 bits per heavy atom. The number of methoxy groups -OCH3 is 1. The van der Waals surface area contributed by atoms with Gasteiger partial charge in [-0.2, -0.15) is 0 Å². The summed E-state index contributed by atoms with van der Waals surface area (Å²) in [7, 11) is 1.69. The minimum atomic E-state index is 0.139. The van der Waals surface area contributed by atoms with Crippen molar-refractivity contribution in [3.8, 4) is 5.75 Å². The number of carbonyl (C=O) groups excluding carboxylic acids is 1. The van der Waals surface area contributed by atoms with E-state index in [4.69, 9.17) is 4.74 Å². The lowest BCUT2D eigenvalue weighted by Gasteiger charge is -2.36. The summed E-state index contributed by atoms with van der Waals surface area (Å²) < 4.78 is 5.22. The number of benzene rings is 2. The highest BCUT2D eigenvalue weighted by Gasteiger charge is 2.17. The topological polar surface area (TPSA) is 44.8 Å². The number of anilines is 1. The molecule has 0 radical (unpaired) electrons. The standard InChI is InChI=1S/C22H29N3O2S/c1-27-20-9-7-19(8-10-20)25-16-14-24(15-17-25)13-12-23-22(26)11-18-28-21-5-3-2-4-6-21/h2-10H,11-18H2,1H3,(H,23,26). The van der Waals surface area contributed by atoms with E-state index in [1.807, 2.05) is 30.3 Å². The van der Waals surface area contributed by atoms with E-state index >= 15 is 0 Å². The number of piperazine rings is 1. The lowest BCUT2D eigenvalue weighted by atomic mass is 10.2. The first-order valence-electron chi connectivity index (χ1n) is 9.80. The van der Waals surface area contributed by atoms with Crippen molar-refractivity contribution in [3.63, 3.8) is 0 Å². The van der Waals surface area contributed by atoms with Crippen LogP contribution in [0.4, 0.5) is 5.69 Å². The van der Waals surface area contributed by atoms with E-state index in [0.29, 0.717) is 6.42 Å². The van der Waals surface area contributed by atoms with Gasteiger partial charge in [-0.05, 0) is 36.4 Å². The van der Waals surface area contributed by atoms with Gasteiger partial charge in [-0.3, -0.25) is 9.69 Å². The van der Waals surface area contributed by atoms with Crippen LogP contribution in [0.2, 0.25) is 0 Å². The zero-order valence-electron chi connectivity index (χ0n) is 16.5. The molecule has 1 heterocycles. The van der Waals surface area contributed by atoms with Crippen LogP contribution in [-0.2, 0) is 4.79 Å². The molecule has 0 unspecified atom stereocenters. The molecule has 0 aromatic heterocycles. The van der Waals surface area contributed by atoms with E-state index in [9.17, 15) is 4.79 Å². The minimum absolute atomic E-state index is 0.139. The van der Waals surface area contributed by atoms with Gasteiger partial charge in [0, 0.05) is 62.0 Å². The largest absolute Gasteiger partial charge is 0.497 e. The Morgan fingerprint density at radius 1 is 1.04 bits per heavy atom. The van der Waals surface area contributed by atoms with Crippen LogP contribution in [0.15, 0.2) is 59.5 Å². The van der Waals surface area contributed by atoms with Crippen LogP contribution in [0.1, 0.15) is 6.42 Å². The number of nitrogens with one attached hydrogen (secondary N) is 1. The van der Waals surface area contributed by atoms with Crippen LogP contribution >= 0.6 is 11.8 Å². The Balaban J connectivity index is 1.28. The monoisotopic (exact) mass is 399 g/mol. The Hall–Kier alpha value is -2.18. The van der Waals surface area contributed by atoms with Crippen LogP contribution in [0, 0.1) is 0 Å². The van der Waals surface area contributed by atoms with Crippen LogP contribution in [0.3, 0.4) is 0 Å². The van der Waals surface area contributed by atoms with Crippen molar-refractivity contribution >= 4 is 23.4 Å². The van der Waals surface area contributed by atoms with Crippen molar-refractivity contribution in [2.75, 3.05) is 57.0 Å². The van der Waals surface area contributed by atoms with E-state index in [1.54, 1.807) is 18.9 Å². The second-order valence-electron chi connectivity index (χ2n) is 6.79. The molecule has 2 aromatic rings. The summed E-state index contributed by atoms with van der Waals surface area (Å²) in [6.07, 6.45) is 0.560. The predicted octanol–water partition coefficient (Wildman–Crippen LogP) is 3.12. The lowest BCUT2D eigenvalue weighted by Crippen LogP contribution is -2.48. The number of carbonyl (C=O) groups is 1. The van der Waals surface area contributed by atoms with Crippen molar-refractivity contribution in [3.05, 3.63) is 54.6 Å². The fourth-order valence-corrected chi connectivity index (χ4v) is 4.12. The highest BCUT2D eigenvalue weighted by atomic mass is 32.2. The normalized spacial score (nSPS) is 14.7. The number of hydrogen-bond donors (Lipinski definition) is 1. The van der Waals surface area contributed by atoms with E-state index in [1.165, 1.54) is 10.6 Å². The highest BCUT2D eigenvalue weighted by molar-refractivity contribution is 7.99. The first-order chi connectivity index (χ1) is 13.7. The quantitative estimate of drug-likeness (QED) is 0.657. The SMILES string of the molecule is COc1ccc(N2CCN(CCNC(=O)CCSc3ccccc3)CC2)cc1. The van der Waals surface area contributed by atoms with Crippen LogP contribution in [0.25, 0.3) is 0 Å². The van der Waals surface area contributed by atoms with Gasteiger partial charge in [0.25, 0.3) is 0 Å². The molecule has 1 aliphatic heterocycles. The molecule has 1 fully saturated rings. The molecule has 5 nitrogen and oxygen atoms in total. The maximum Gasteiger partial charge on any atom is 0.220 e. The summed E-state index contributed by atoms with van der Waals surface area (Å²) in [5.74, 6) is 1.84. The average Bonchev–Trinajstić information content (AvgIpc) is 2.75. The number of nitrogens with zero attached hydrogens (tertiary/aromatic N) is 2. The van der Waals surface area contributed by atoms with E-state index < -0.39 is 0 Å². The molecule has 0 aliphatic carbocycles. The zero-order chi connectivity index (χ0) is 19.6. The molecule has 0 bridgehead atoms. The number of thioether (sulfide) groups is 1. The van der Waals surface area contributed by atoms with Gasteiger partial charge < -0.3 is 15.0 Å². The van der Waals surface area contributed by atoms with Crippen LogP contribution in [0.5, 0.6) is 5.75 Å². The molecular formula is C22H29N3O2S. The Kier molecular flexibility index (Phi) is 8.06. The molecule has 2 aromatic carbocycles. The first kappa shape index (κ1) is 20.6. The van der Waals surface area contributed by atoms with Crippen LogP contribution in [-0.4, -0.2) is 62.9 Å². The third-order valence-corrected chi connectivity index (χ3v) is 5.91. The Bertz CT molecular complexity index is 716. The molecule has 1 N–H and O–H groups in total. The highest BCUT2D eigenvalue weighted by Crippen LogP contribution is 2.20. The number of ether oxygens (including phenoxy) is 1. The minimum Gasteiger partial charge on any atom is -0.497 e. The summed E-state index contributed by atoms with van der Waals surface area (Å²) in [6.45, 7) is 5.69. The smallest absolute Gasteiger partial charge is 0.220 e. The van der Waals surface area contributed by atoms with E-state index in [-0.39, 0.29) is 5.91 Å². The van der Waals surface area contributed by atoms with Gasteiger partial charge in [0.05, 0.1) is 7.11 Å². The molecule has 0 atom stereocenters. The van der Waals surface area contributed by atoms with Gasteiger partial charge in [0.15, 0.2) is 0 Å². The van der Waals surface area contributed by atoms with Crippen LogP contribution < -0.4 is 15.0 Å². The van der Waals surface area contributed by atoms with Crippen molar-refractivity contribution in [2.24, 2.45) is 0 Å².